The van der Waals surface area contributed by atoms with Crippen LogP contribution in [0.2, 0.25) is 0 Å². The quantitative estimate of drug-likeness (QED) is 0.469. The second kappa shape index (κ2) is 10.5. The molecule has 0 fully saturated rings. The average Bonchev–Trinajstić information content (AvgIpc) is 3.17. The minimum absolute atomic E-state index is 0.0746. The van der Waals surface area contributed by atoms with Gasteiger partial charge in [0.15, 0.2) is 11.5 Å². The molecule has 0 aliphatic carbocycles. The number of aryl methyl sites for hydroxylation is 1. The van der Waals surface area contributed by atoms with Gasteiger partial charge in [-0.1, -0.05) is 42.5 Å². The van der Waals surface area contributed by atoms with Crippen LogP contribution in [0.4, 0.5) is 11.4 Å². The van der Waals surface area contributed by atoms with Crippen LogP contribution in [0.15, 0.2) is 90.2 Å². The monoisotopic (exact) mass is 484 g/mol. The molecule has 1 heterocycles. The molecule has 0 saturated heterocycles. The van der Waals surface area contributed by atoms with Gasteiger partial charge >= 0.3 is 5.97 Å². The SMILES string of the molecule is COC(=O)c1ccc(N2C(=O)C(O)=C(C(=O)CCc3ccccc3)C2c2ccc(N(C)C)cc2)cc1. The van der Waals surface area contributed by atoms with Crippen LogP contribution >= 0.6 is 0 Å². The van der Waals surface area contributed by atoms with Gasteiger partial charge in [0, 0.05) is 31.9 Å². The van der Waals surface area contributed by atoms with E-state index < -0.39 is 23.7 Å². The number of ketones is 1. The van der Waals surface area contributed by atoms with E-state index in [1.54, 1.807) is 24.3 Å². The number of carbonyl (C=O) groups is 3. The van der Waals surface area contributed by atoms with Crippen LogP contribution < -0.4 is 9.80 Å². The molecule has 1 amide bonds. The summed E-state index contributed by atoms with van der Waals surface area (Å²) in [4.78, 5) is 41.9. The molecule has 0 radical (unpaired) electrons. The van der Waals surface area contributed by atoms with E-state index in [0.717, 1.165) is 11.3 Å². The number of nitrogens with zero attached hydrogens (tertiary/aromatic N) is 2. The lowest BCUT2D eigenvalue weighted by molar-refractivity contribution is -0.118. The Kier molecular flexibility index (Phi) is 7.20. The molecule has 0 saturated carbocycles. The van der Waals surface area contributed by atoms with E-state index in [1.807, 2.05) is 73.6 Å². The van der Waals surface area contributed by atoms with E-state index in [-0.39, 0.29) is 17.8 Å². The molecule has 1 unspecified atom stereocenters. The second-order valence-electron chi connectivity index (χ2n) is 8.77. The van der Waals surface area contributed by atoms with Crippen LogP contribution in [0.5, 0.6) is 0 Å². The lowest BCUT2D eigenvalue weighted by atomic mass is 9.93. The molecule has 184 valence electrons. The maximum atomic E-state index is 13.4. The van der Waals surface area contributed by atoms with E-state index in [2.05, 4.69) is 0 Å². The Hall–Kier alpha value is -4.39. The molecular weight excluding hydrogens is 456 g/mol. The van der Waals surface area contributed by atoms with Crippen molar-refractivity contribution in [3.63, 3.8) is 0 Å². The van der Waals surface area contributed by atoms with Gasteiger partial charge in [-0.05, 0) is 53.9 Å². The fraction of sp³-hybridized carbons (Fsp3) is 0.207. The van der Waals surface area contributed by atoms with Crippen molar-refractivity contribution in [1.82, 2.24) is 0 Å². The average molecular weight is 485 g/mol. The Morgan fingerprint density at radius 2 is 1.58 bits per heavy atom. The van der Waals surface area contributed by atoms with Gasteiger partial charge in [0.05, 0.1) is 24.3 Å². The van der Waals surface area contributed by atoms with Crippen molar-refractivity contribution in [2.24, 2.45) is 0 Å². The van der Waals surface area contributed by atoms with Gasteiger partial charge in [0.1, 0.15) is 0 Å². The number of rotatable bonds is 8. The number of amides is 1. The standard InChI is InChI=1S/C29H28N2O5/c1-30(2)22-14-10-20(11-15-22)26-25(24(32)18-9-19-7-5-4-6-8-19)27(33)28(34)31(26)23-16-12-21(13-17-23)29(35)36-3/h4-8,10-17,26,33H,9,18H2,1-3H3. The predicted molar refractivity (Wildman–Crippen MR) is 138 cm³/mol. The van der Waals surface area contributed by atoms with Crippen LogP contribution in [0.3, 0.4) is 0 Å². The van der Waals surface area contributed by atoms with E-state index in [9.17, 15) is 19.5 Å². The maximum Gasteiger partial charge on any atom is 0.337 e. The number of ether oxygens (including phenoxy) is 1. The molecule has 0 spiro atoms. The third-order valence-corrected chi connectivity index (χ3v) is 6.28. The number of carbonyl (C=O) groups excluding carboxylic acids is 3. The van der Waals surface area contributed by atoms with Gasteiger partial charge in [0.2, 0.25) is 0 Å². The fourth-order valence-corrected chi connectivity index (χ4v) is 4.34. The van der Waals surface area contributed by atoms with Crippen molar-refractivity contribution < 1.29 is 24.2 Å². The van der Waals surface area contributed by atoms with Crippen LogP contribution in [0.25, 0.3) is 0 Å². The first-order valence-corrected chi connectivity index (χ1v) is 11.6. The second-order valence-corrected chi connectivity index (χ2v) is 8.77. The van der Waals surface area contributed by atoms with Crippen molar-refractivity contribution in [2.75, 3.05) is 31.0 Å². The number of hydrogen-bond acceptors (Lipinski definition) is 6. The minimum Gasteiger partial charge on any atom is -0.503 e. The number of aliphatic hydroxyl groups is 1. The van der Waals surface area contributed by atoms with Gasteiger partial charge in [-0.2, -0.15) is 0 Å². The number of esters is 1. The number of aliphatic hydroxyl groups excluding tert-OH is 1. The minimum atomic E-state index is -0.805. The summed E-state index contributed by atoms with van der Waals surface area (Å²) in [5, 5.41) is 10.9. The summed E-state index contributed by atoms with van der Waals surface area (Å²) in [5.41, 5.74) is 3.51. The first-order valence-electron chi connectivity index (χ1n) is 11.6. The number of benzene rings is 3. The smallest absolute Gasteiger partial charge is 0.337 e. The van der Waals surface area contributed by atoms with Crippen LogP contribution in [0.1, 0.15) is 33.9 Å². The van der Waals surface area contributed by atoms with Gasteiger partial charge in [-0.3, -0.25) is 14.5 Å². The van der Waals surface area contributed by atoms with E-state index >= 15 is 0 Å². The molecule has 1 aliphatic rings. The fourth-order valence-electron chi connectivity index (χ4n) is 4.34. The van der Waals surface area contributed by atoms with Crippen molar-refractivity contribution in [1.29, 1.82) is 0 Å². The molecule has 1 aliphatic heterocycles. The highest BCUT2D eigenvalue weighted by Gasteiger charge is 2.44. The highest BCUT2D eigenvalue weighted by Crippen LogP contribution is 2.41. The lowest BCUT2D eigenvalue weighted by Crippen LogP contribution is -2.31. The zero-order valence-electron chi connectivity index (χ0n) is 20.5. The number of hydrogen-bond donors (Lipinski definition) is 1. The Balaban J connectivity index is 1.72. The molecule has 1 atom stereocenters. The van der Waals surface area contributed by atoms with Crippen molar-refractivity contribution in [3.05, 3.63) is 107 Å². The summed E-state index contributed by atoms with van der Waals surface area (Å²) in [7, 11) is 5.14. The molecule has 3 aromatic carbocycles. The molecule has 0 aromatic heterocycles. The highest BCUT2D eigenvalue weighted by atomic mass is 16.5. The summed E-state index contributed by atoms with van der Waals surface area (Å²) < 4.78 is 4.76. The summed E-state index contributed by atoms with van der Waals surface area (Å²) in [5.74, 6) is -2.00. The third-order valence-electron chi connectivity index (χ3n) is 6.28. The zero-order chi connectivity index (χ0) is 25.8. The third kappa shape index (κ3) is 4.86. The first-order chi connectivity index (χ1) is 17.3. The molecule has 1 N–H and O–H groups in total. The first kappa shape index (κ1) is 24.7. The van der Waals surface area contributed by atoms with Crippen molar-refractivity contribution in [3.8, 4) is 0 Å². The topological polar surface area (TPSA) is 87.1 Å². The Labute approximate surface area is 210 Å². The lowest BCUT2D eigenvalue weighted by Gasteiger charge is -2.27. The van der Waals surface area contributed by atoms with Crippen molar-refractivity contribution >= 4 is 29.0 Å². The van der Waals surface area contributed by atoms with E-state index in [0.29, 0.717) is 23.2 Å². The van der Waals surface area contributed by atoms with Gasteiger partial charge in [-0.25, -0.2) is 4.79 Å². The Morgan fingerprint density at radius 1 is 0.944 bits per heavy atom. The zero-order valence-corrected chi connectivity index (χ0v) is 20.5. The maximum absolute atomic E-state index is 13.4. The van der Waals surface area contributed by atoms with Gasteiger partial charge < -0.3 is 14.7 Å². The molecule has 4 rings (SSSR count). The largest absolute Gasteiger partial charge is 0.503 e. The molecular formula is C29H28N2O5. The summed E-state index contributed by atoms with van der Waals surface area (Å²) in [6.07, 6.45) is 0.642. The molecule has 7 heteroatoms. The summed E-state index contributed by atoms with van der Waals surface area (Å²) in [6.45, 7) is 0. The van der Waals surface area contributed by atoms with Crippen LogP contribution in [0, 0.1) is 0 Å². The summed E-state index contributed by atoms with van der Waals surface area (Å²) >= 11 is 0. The van der Waals surface area contributed by atoms with Crippen LogP contribution in [-0.4, -0.2) is 44.0 Å². The van der Waals surface area contributed by atoms with Crippen LogP contribution in [-0.2, 0) is 20.7 Å². The highest BCUT2D eigenvalue weighted by molar-refractivity contribution is 6.16. The van der Waals surface area contributed by atoms with E-state index in [4.69, 9.17) is 4.74 Å². The van der Waals surface area contributed by atoms with Gasteiger partial charge in [-0.15, -0.1) is 0 Å². The number of anilines is 2. The molecule has 0 bridgehead atoms. The van der Waals surface area contributed by atoms with Crippen molar-refractivity contribution in [2.45, 2.75) is 18.9 Å². The summed E-state index contributed by atoms with van der Waals surface area (Å²) in [6, 6.07) is 22.6. The Bertz CT molecular complexity index is 1300. The molecule has 3 aromatic rings. The normalized spacial score (nSPS) is 15.2. The van der Waals surface area contributed by atoms with Gasteiger partial charge in [0.25, 0.3) is 5.91 Å². The number of methoxy groups -OCH3 is 1. The van der Waals surface area contributed by atoms with E-state index in [1.165, 1.54) is 12.0 Å². The molecule has 7 nitrogen and oxygen atoms in total. The Morgan fingerprint density at radius 3 is 2.17 bits per heavy atom. The number of Topliss-reactive ketones (excluding diaryl/α,β-unsaturated/α-hetero) is 1. The molecule has 36 heavy (non-hydrogen) atoms. The predicted octanol–water partition coefficient (Wildman–Crippen LogP) is 4.64.